The van der Waals surface area contributed by atoms with Crippen molar-refractivity contribution in [3.05, 3.63) is 0 Å². The molecule has 1 fully saturated rings. The highest BCUT2D eigenvalue weighted by atomic mass is 16.4. The Kier molecular flexibility index (Phi) is 5.79. The largest absolute Gasteiger partial charge is 0.481 e. The van der Waals surface area contributed by atoms with Crippen LogP contribution in [0.2, 0.25) is 0 Å². The van der Waals surface area contributed by atoms with Crippen molar-refractivity contribution in [3.63, 3.8) is 0 Å². The lowest BCUT2D eigenvalue weighted by Gasteiger charge is -2.32. The van der Waals surface area contributed by atoms with Crippen LogP contribution in [0.4, 0.5) is 0 Å². The van der Waals surface area contributed by atoms with Gasteiger partial charge >= 0.3 is 5.97 Å². The van der Waals surface area contributed by atoms with Gasteiger partial charge in [-0.3, -0.25) is 9.59 Å². The zero-order valence-corrected chi connectivity index (χ0v) is 11.9. The first kappa shape index (κ1) is 16.0. The van der Waals surface area contributed by atoms with Crippen LogP contribution in [0.15, 0.2) is 0 Å². The Labute approximate surface area is 114 Å². The summed E-state index contributed by atoms with van der Waals surface area (Å²) in [7, 11) is 0. The molecule has 19 heavy (non-hydrogen) atoms. The van der Waals surface area contributed by atoms with Crippen molar-refractivity contribution in [2.24, 2.45) is 17.6 Å². The van der Waals surface area contributed by atoms with Crippen LogP contribution < -0.4 is 11.1 Å². The third-order valence-electron chi connectivity index (χ3n) is 4.00. The van der Waals surface area contributed by atoms with E-state index in [0.717, 1.165) is 25.7 Å². The quantitative estimate of drug-likeness (QED) is 0.682. The number of nitrogens with one attached hydrogen (secondary N) is 1. The maximum atomic E-state index is 11.9. The molecule has 1 amide bonds. The van der Waals surface area contributed by atoms with E-state index in [1.54, 1.807) is 0 Å². The van der Waals surface area contributed by atoms with Crippen LogP contribution in [-0.4, -0.2) is 29.1 Å². The molecule has 0 radical (unpaired) electrons. The molecule has 0 bridgehead atoms. The lowest BCUT2D eigenvalue weighted by atomic mass is 9.80. The van der Waals surface area contributed by atoms with Crippen molar-refractivity contribution in [3.8, 4) is 0 Å². The van der Waals surface area contributed by atoms with Gasteiger partial charge in [-0.15, -0.1) is 0 Å². The topological polar surface area (TPSA) is 92.4 Å². The highest BCUT2D eigenvalue weighted by molar-refractivity contribution is 5.78. The second-order valence-corrected chi connectivity index (χ2v) is 6.09. The number of carbonyl (C=O) groups is 2. The van der Waals surface area contributed by atoms with Gasteiger partial charge in [-0.1, -0.05) is 33.1 Å². The van der Waals surface area contributed by atoms with Crippen LogP contribution in [0, 0.1) is 11.8 Å². The number of carboxylic acid groups (broad SMARTS) is 1. The number of carboxylic acids is 1. The zero-order valence-electron chi connectivity index (χ0n) is 11.9. The third kappa shape index (κ3) is 5.19. The Morgan fingerprint density at radius 3 is 2.32 bits per heavy atom. The van der Waals surface area contributed by atoms with Crippen molar-refractivity contribution in [2.45, 2.75) is 57.9 Å². The first-order valence-corrected chi connectivity index (χ1v) is 7.12. The fraction of sp³-hybridized carbons (Fsp3) is 0.857. The van der Waals surface area contributed by atoms with Crippen molar-refractivity contribution < 1.29 is 14.7 Å². The number of carbonyl (C=O) groups excluding carboxylic acids is 1. The highest BCUT2D eigenvalue weighted by Gasteiger charge is 2.30. The molecule has 0 spiro atoms. The molecule has 5 nitrogen and oxygen atoms in total. The predicted octanol–water partition coefficient (Wildman–Crippen LogP) is 1.51. The van der Waals surface area contributed by atoms with Crippen molar-refractivity contribution in [2.75, 3.05) is 6.54 Å². The average molecular weight is 270 g/mol. The van der Waals surface area contributed by atoms with E-state index in [1.807, 2.05) is 13.8 Å². The van der Waals surface area contributed by atoms with E-state index in [0.29, 0.717) is 6.42 Å². The summed E-state index contributed by atoms with van der Waals surface area (Å²) in [6.07, 6.45) is 5.41. The van der Waals surface area contributed by atoms with Gasteiger partial charge in [0.05, 0.1) is 5.92 Å². The molecule has 0 saturated heterocycles. The van der Waals surface area contributed by atoms with Gasteiger partial charge in [0.25, 0.3) is 0 Å². The number of hydrogen-bond donors (Lipinski definition) is 3. The van der Waals surface area contributed by atoms with Gasteiger partial charge < -0.3 is 16.2 Å². The predicted molar refractivity (Wildman–Crippen MR) is 73.6 cm³/mol. The van der Waals surface area contributed by atoms with Crippen LogP contribution in [0.5, 0.6) is 0 Å². The second kappa shape index (κ2) is 6.89. The van der Waals surface area contributed by atoms with Gasteiger partial charge in [-0.05, 0) is 18.8 Å². The number of hydrogen-bond acceptors (Lipinski definition) is 3. The molecule has 4 N–H and O–H groups in total. The summed E-state index contributed by atoms with van der Waals surface area (Å²) in [5.41, 5.74) is 5.82. The normalized spacial score (nSPS) is 20.0. The monoisotopic (exact) mass is 270 g/mol. The Hall–Kier alpha value is -1.10. The van der Waals surface area contributed by atoms with Gasteiger partial charge in [0.15, 0.2) is 0 Å². The number of aliphatic carboxylic acids is 1. The minimum Gasteiger partial charge on any atom is -0.481 e. The fourth-order valence-electron chi connectivity index (χ4n) is 2.65. The number of rotatable bonds is 6. The van der Waals surface area contributed by atoms with Crippen LogP contribution in [0.3, 0.4) is 0 Å². The first-order valence-electron chi connectivity index (χ1n) is 7.12. The van der Waals surface area contributed by atoms with Gasteiger partial charge in [0.1, 0.15) is 0 Å². The summed E-state index contributed by atoms with van der Waals surface area (Å²) in [4.78, 5) is 22.9. The number of amides is 1. The summed E-state index contributed by atoms with van der Waals surface area (Å²) >= 11 is 0. The average Bonchev–Trinajstić information content (AvgIpc) is 2.28. The summed E-state index contributed by atoms with van der Waals surface area (Å²) in [6, 6.07) is 0. The summed E-state index contributed by atoms with van der Waals surface area (Å²) in [5, 5.41) is 11.8. The molecule has 1 aliphatic rings. The summed E-state index contributed by atoms with van der Waals surface area (Å²) in [6.45, 7) is 3.87. The number of nitrogens with two attached hydrogens (primary N) is 1. The molecule has 1 rings (SSSR count). The molecule has 0 heterocycles. The standard InChI is InChI=1S/C14H26N2O3/c1-10(2)11(13(18)19)9-16-12(17)8-14(15)6-4-3-5-7-14/h10-11H,3-9,15H2,1-2H3,(H,16,17)(H,18,19). The maximum absolute atomic E-state index is 11.9. The molecule has 0 aromatic rings. The Balaban J connectivity index is 2.40. The van der Waals surface area contributed by atoms with Gasteiger partial charge in [-0.2, -0.15) is 0 Å². The molecule has 5 heteroatoms. The van der Waals surface area contributed by atoms with E-state index in [4.69, 9.17) is 10.8 Å². The van der Waals surface area contributed by atoms with Gasteiger partial charge in [0.2, 0.25) is 5.91 Å². The van der Waals surface area contributed by atoms with E-state index in [1.165, 1.54) is 6.42 Å². The van der Waals surface area contributed by atoms with E-state index in [-0.39, 0.29) is 23.9 Å². The van der Waals surface area contributed by atoms with Crippen molar-refractivity contribution in [1.82, 2.24) is 5.32 Å². The van der Waals surface area contributed by atoms with E-state index in [9.17, 15) is 9.59 Å². The molecule has 1 unspecified atom stereocenters. The van der Waals surface area contributed by atoms with E-state index < -0.39 is 11.9 Å². The minimum absolute atomic E-state index is 0.000632. The molecular weight excluding hydrogens is 244 g/mol. The van der Waals surface area contributed by atoms with Gasteiger partial charge in [0, 0.05) is 18.5 Å². The minimum atomic E-state index is -0.865. The first-order chi connectivity index (χ1) is 8.84. The van der Waals surface area contributed by atoms with Gasteiger partial charge in [-0.25, -0.2) is 0 Å². The molecule has 110 valence electrons. The second-order valence-electron chi connectivity index (χ2n) is 6.09. The molecule has 1 saturated carbocycles. The zero-order chi connectivity index (χ0) is 14.5. The Bertz CT molecular complexity index is 323. The van der Waals surface area contributed by atoms with Crippen LogP contribution in [0.25, 0.3) is 0 Å². The molecule has 0 aromatic heterocycles. The van der Waals surface area contributed by atoms with Crippen LogP contribution in [-0.2, 0) is 9.59 Å². The summed E-state index contributed by atoms with van der Waals surface area (Å²) < 4.78 is 0. The van der Waals surface area contributed by atoms with E-state index >= 15 is 0 Å². The van der Waals surface area contributed by atoms with Crippen molar-refractivity contribution in [1.29, 1.82) is 0 Å². The Morgan fingerprint density at radius 2 is 1.84 bits per heavy atom. The molecular formula is C14H26N2O3. The van der Waals surface area contributed by atoms with Crippen molar-refractivity contribution >= 4 is 11.9 Å². The highest BCUT2D eigenvalue weighted by Crippen LogP contribution is 2.28. The smallest absolute Gasteiger partial charge is 0.308 e. The van der Waals surface area contributed by atoms with E-state index in [2.05, 4.69) is 5.32 Å². The van der Waals surface area contributed by atoms with Crippen LogP contribution >= 0.6 is 0 Å². The molecule has 1 aliphatic carbocycles. The third-order valence-corrected chi connectivity index (χ3v) is 4.00. The lowest BCUT2D eigenvalue weighted by Crippen LogP contribution is -2.47. The lowest BCUT2D eigenvalue weighted by molar-refractivity contribution is -0.143. The molecule has 0 aliphatic heterocycles. The fourth-order valence-corrected chi connectivity index (χ4v) is 2.65. The molecule has 0 aromatic carbocycles. The Morgan fingerprint density at radius 1 is 1.26 bits per heavy atom. The SMILES string of the molecule is CC(C)C(CNC(=O)CC1(N)CCCCC1)C(=O)O. The summed E-state index contributed by atoms with van der Waals surface area (Å²) in [5.74, 6) is -1.53. The van der Waals surface area contributed by atoms with Crippen LogP contribution in [0.1, 0.15) is 52.4 Å². The molecule has 1 atom stereocenters. The maximum Gasteiger partial charge on any atom is 0.308 e.